The van der Waals surface area contributed by atoms with Crippen LogP contribution in [0.4, 0.5) is 0 Å². The van der Waals surface area contributed by atoms with Crippen molar-refractivity contribution in [3.63, 3.8) is 0 Å². The van der Waals surface area contributed by atoms with E-state index >= 15 is 0 Å². The van der Waals surface area contributed by atoms with Crippen LogP contribution in [0.15, 0.2) is 24.3 Å². The fourth-order valence-corrected chi connectivity index (χ4v) is 2.23. The van der Waals surface area contributed by atoms with Crippen LogP contribution in [0.5, 0.6) is 0 Å². The summed E-state index contributed by atoms with van der Waals surface area (Å²) in [5.74, 6) is 0. The Morgan fingerprint density at radius 1 is 1.13 bits per heavy atom. The molecule has 0 spiro atoms. The average Bonchev–Trinajstić information content (AvgIpc) is 2.45. The summed E-state index contributed by atoms with van der Waals surface area (Å²) >= 11 is 5.83. The molecule has 1 fully saturated rings. The van der Waals surface area contributed by atoms with Gasteiger partial charge >= 0.3 is 0 Å². The van der Waals surface area contributed by atoms with Gasteiger partial charge in [-0.3, -0.25) is 0 Å². The highest BCUT2D eigenvalue weighted by Gasteiger charge is 2.29. The molecule has 0 radical (unpaired) electrons. The summed E-state index contributed by atoms with van der Waals surface area (Å²) in [4.78, 5) is 0. The first-order chi connectivity index (χ1) is 7.21. The molecular weight excluding hydrogens is 210 g/mol. The lowest BCUT2D eigenvalue weighted by molar-refractivity contribution is 0.0240. The molecule has 1 atom stereocenters. The van der Waals surface area contributed by atoms with Gasteiger partial charge in [0.05, 0.1) is 5.60 Å². The second kappa shape index (κ2) is 4.52. The Balaban J connectivity index is 2.22. The molecule has 1 aromatic rings. The van der Waals surface area contributed by atoms with Crippen molar-refractivity contribution >= 4 is 11.6 Å². The Kier molecular flexibility index (Phi) is 3.29. The Bertz CT molecular complexity index is 315. The van der Waals surface area contributed by atoms with Gasteiger partial charge in [0.2, 0.25) is 0 Å². The van der Waals surface area contributed by atoms with Gasteiger partial charge in [0.15, 0.2) is 0 Å². The standard InChI is InChI=1S/C12H16ClNO/c13-11-4-2-10(3-5-11)12(15)6-1-8-14-9-7-12/h2-5,14-15H,1,6-9H2. The molecule has 2 rings (SSSR count). The van der Waals surface area contributed by atoms with Crippen LogP contribution in [0.25, 0.3) is 0 Å². The first-order valence-corrected chi connectivity index (χ1v) is 5.78. The minimum atomic E-state index is -0.673. The van der Waals surface area contributed by atoms with Crippen molar-refractivity contribution in [2.75, 3.05) is 13.1 Å². The van der Waals surface area contributed by atoms with Crippen molar-refractivity contribution in [2.24, 2.45) is 0 Å². The molecule has 0 aliphatic carbocycles. The monoisotopic (exact) mass is 225 g/mol. The van der Waals surface area contributed by atoms with Crippen molar-refractivity contribution in [3.8, 4) is 0 Å². The highest BCUT2D eigenvalue weighted by molar-refractivity contribution is 6.30. The van der Waals surface area contributed by atoms with E-state index in [0.29, 0.717) is 5.02 Å². The Morgan fingerprint density at radius 3 is 2.60 bits per heavy atom. The second-order valence-corrected chi connectivity index (χ2v) is 4.58. The number of hydrogen-bond donors (Lipinski definition) is 2. The highest BCUT2D eigenvalue weighted by atomic mass is 35.5. The molecule has 0 amide bonds. The van der Waals surface area contributed by atoms with Crippen LogP contribution in [-0.4, -0.2) is 18.2 Å². The van der Waals surface area contributed by atoms with Gasteiger partial charge in [-0.2, -0.15) is 0 Å². The van der Waals surface area contributed by atoms with E-state index in [1.165, 1.54) is 0 Å². The summed E-state index contributed by atoms with van der Waals surface area (Å²) in [6, 6.07) is 7.53. The lowest BCUT2D eigenvalue weighted by Gasteiger charge is -2.26. The third kappa shape index (κ3) is 2.51. The zero-order valence-electron chi connectivity index (χ0n) is 8.67. The van der Waals surface area contributed by atoms with E-state index < -0.39 is 5.60 Å². The van der Waals surface area contributed by atoms with E-state index in [1.54, 1.807) is 0 Å². The lowest BCUT2D eigenvalue weighted by Crippen LogP contribution is -2.26. The van der Waals surface area contributed by atoms with Crippen molar-refractivity contribution in [3.05, 3.63) is 34.9 Å². The molecule has 15 heavy (non-hydrogen) atoms. The SMILES string of the molecule is OC1(c2ccc(Cl)cc2)CCCNCC1. The quantitative estimate of drug-likeness (QED) is 0.769. The summed E-state index contributed by atoms with van der Waals surface area (Å²) in [6.45, 7) is 1.87. The fourth-order valence-electron chi connectivity index (χ4n) is 2.10. The van der Waals surface area contributed by atoms with Crippen LogP contribution in [-0.2, 0) is 5.60 Å². The zero-order valence-corrected chi connectivity index (χ0v) is 9.43. The first kappa shape index (κ1) is 10.9. The van der Waals surface area contributed by atoms with E-state index in [0.717, 1.165) is 37.9 Å². The van der Waals surface area contributed by atoms with E-state index in [1.807, 2.05) is 24.3 Å². The van der Waals surface area contributed by atoms with Gasteiger partial charge in [-0.1, -0.05) is 23.7 Å². The number of rotatable bonds is 1. The minimum absolute atomic E-state index is 0.673. The topological polar surface area (TPSA) is 32.3 Å². The molecule has 0 bridgehead atoms. The second-order valence-electron chi connectivity index (χ2n) is 4.14. The molecule has 1 aliphatic heterocycles. The van der Waals surface area contributed by atoms with Crippen LogP contribution in [0.1, 0.15) is 24.8 Å². The molecule has 1 heterocycles. The molecule has 2 N–H and O–H groups in total. The molecule has 82 valence electrons. The predicted molar refractivity (Wildman–Crippen MR) is 62.1 cm³/mol. The molecule has 0 saturated carbocycles. The Morgan fingerprint density at radius 2 is 1.87 bits per heavy atom. The Labute approximate surface area is 95.3 Å². The maximum Gasteiger partial charge on any atom is 0.0909 e. The number of aliphatic hydroxyl groups is 1. The number of hydrogen-bond acceptors (Lipinski definition) is 2. The van der Waals surface area contributed by atoms with Gasteiger partial charge in [0, 0.05) is 5.02 Å². The molecule has 0 aromatic heterocycles. The fraction of sp³-hybridized carbons (Fsp3) is 0.500. The van der Waals surface area contributed by atoms with Crippen molar-refractivity contribution < 1.29 is 5.11 Å². The molecule has 1 aliphatic rings. The van der Waals surface area contributed by atoms with Crippen molar-refractivity contribution in [1.82, 2.24) is 5.32 Å². The predicted octanol–water partition coefficient (Wildman–Crippen LogP) is 2.30. The molecule has 1 saturated heterocycles. The van der Waals surface area contributed by atoms with Crippen LogP contribution < -0.4 is 5.32 Å². The number of halogens is 1. The smallest absolute Gasteiger partial charge is 0.0909 e. The minimum Gasteiger partial charge on any atom is -0.385 e. The average molecular weight is 226 g/mol. The third-order valence-electron chi connectivity index (χ3n) is 3.04. The summed E-state index contributed by atoms with van der Waals surface area (Å²) in [5.41, 5.74) is 0.310. The summed E-state index contributed by atoms with van der Waals surface area (Å²) < 4.78 is 0. The van der Waals surface area contributed by atoms with Gasteiger partial charge < -0.3 is 10.4 Å². The van der Waals surface area contributed by atoms with Gasteiger partial charge in [0.1, 0.15) is 0 Å². The van der Waals surface area contributed by atoms with Gasteiger partial charge in [-0.05, 0) is 50.0 Å². The lowest BCUT2D eigenvalue weighted by atomic mass is 9.87. The maximum absolute atomic E-state index is 10.5. The van der Waals surface area contributed by atoms with E-state index in [4.69, 9.17) is 11.6 Å². The third-order valence-corrected chi connectivity index (χ3v) is 3.29. The van der Waals surface area contributed by atoms with Crippen LogP contribution in [0.3, 0.4) is 0 Å². The maximum atomic E-state index is 10.5. The number of nitrogens with one attached hydrogen (secondary N) is 1. The van der Waals surface area contributed by atoms with Gasteiger partial charge in [-0.15, -0.1) is 0 Å². The first-order valence-electron chi connectivity index (χ1n) is 5.40. The number of benzene rings is 1. The molecule has 1 unspecified atom stereocenters. The molecule has 2 nitrogen and oxygen atoms in total. The van der Waals surface area contributed by atoms with Crippen LogP contribution >= 0.6 is 11.6 Å². The molecule has 1 aromatic carbocycles. The van der Waals surface area contributed by atoms with E-state index in [9.17, 15) is 5.11 Å². The van der Waals surface area contributed by atoms with E-state index in [-0.39, 0.29) is 0 Å². The van der Waals surface area contributed by atoms with Crippen molar-refractivity contribution in [1.29, 1.82) is 0 Å². The zero-order chi connectivity index (χ0) is 10.7. The summed E-state index contributed by atoms with van der Waals surface area (Å²) in [6.07, 6.45) is 2.61. The molecule has 3 heteroatoms. The molecular formula is C12H16ClNO. The van der Waals surface area contributed by atoms with Gasteiger partial charge in [-0.25, -0.2) is 0 Å². The largest absolute Gasteiger partial charge is 0.385 e. The van der Waals surface area contributed by atoms with Crippen LogP contribution in [0.2, 0.25) is 5.02 Å². The van der Waals surface area contributed by atoms with E-state index in [2.05, 4.69) is 5.32 Å². The highest BCUT2D eigenvalue weighted by Crippen LogP contribution is 2.31. The summed E-state index contributed by atoms with van der Waals surface area (Å²) in [5, 5.41) is 14.5. The van der Waals surface area contributed by atoms with Crippen LogP contribution in [0, 0.1) is 0 Å². The van der Waals surface area contributed by atoms with Gasteiger partial charge in [0.25, 0.3) is 0 Å². The van der Waals surface area contributed by atoms with Crippen molar-refractivity contribution in [2.45, 2.75) is 24.9 Å². The Hall–Kier alpha value is -0.570. The normalized spacial score (nSPS) is 27.3. The summed E-state index contributed by atoms with van der Waals surface area (Å²) in [7, 11) is 0.